The Morgan fingerprint density at radius 3 is 2.52 bits per heavy atom. The number of hydrogen-bond acceptors (Lipinski definition) is 8. The van der Waals surface area contributed by atoms with Crippen LogP contribution in [0.3, 0.4) is 0 Å². The normalized spacial score (nSPS) is 12.5. The molecule has 0 bridgehead atoms. The molecule has 0 fully saturated rings. The van der Waals surface area contributed by atoms with Crippen LogP contribution in [-0.2, 0) is 14.8 Å². The number of rotatable bonds is 8. The lowest BCUT2D eigenvalue weighted by molar-refractivity contribution is -0.115. The molecule has 8 nitrogen and oxygen atoms in total. The Kier molecular flexibility index (Phi) is 7.31. The average molecular weight is 478 g/mol. The minimum Gasteiger partial charge on any atom is -0.330 e. The van der Waals surface area contributed by atoms with Gasteiger partial charge >= 0.3 is 0 Å². The molecule has 1 unspecified atom stereocenters. The number of para-hydroxylation sites is 1. The van der Waals surface area contributed by atoms with Crippen molar-refractivity contribution in [3.63, 3.8) is 0 Å². The molecule has 31 heavy (non-hydrogen) atoms. The fourth-order valence-corrected chi connectivity index (χ4v) is 5.34. The predicted octanol–water partition coefficient (Wildman–Crippen LogP) is 3.96. The first-order chi connectivity index (χ1) is 14.7. The number of anilines is 3. The van der Waals surface area contributed by atoms with Gasteiger partial charge in [0.1, 0.15) is 0 Å². The van der Waals surface area contributed by atoms with Crippen molar-refractivity contribution >= 4 is 55.5 Å². The highest BCUT2D eigenvalue weighted by Crippen LogP contribution is 2.31. The summed E-state index contributed by atoms with van der Waals surface area (Å²) < 4.78 is 26.5. The molecule has 11 heteroatoms. The summed E-state index contributed by atoms with van der Waals surface area (Å²) in [6.07, 6.45) is 0. The zero-order chi connectivity index (χ0) is 22.6. The van der Waals surface area contributed by atoms with Gasteiger partial charge in [-0.05, 0) is 43.7 Å². The summed E-state index contributed by atoms with van der Waals surface area (Å²) in [7, 11) is -0.656. The Hall–Kier alpha value is -2.47. The molecule has 1 amide bonds. The highest BCUT2D eigenvalue weighted by Gasteiger charge is 2.21. The zero-order valence-corrected chi connectivity index (χ0v) is 19.9. The largest absolute Gasteiger partial charge is 0.330 e. The molecule has 0 saturated heterocycles. The van der Waals surface area contributed by atoms with Gasteiger partial charge in [0.25, 0.3) is 0 Å². The maximum Gasteiger partial charge on any atom is 0.242 e. The predicted molar refractivity (Wildman–Crippen MR) is 126 cm³/mol. The molecule has 0 aliphatic carbocycles. The molecule has 0 radical (unpaired) electrons. The van der Waals surface area contributed by atoms with Crippen LogP contribution in [0, 0.1) is 6.92 Å². The van der Waals surface area contributed by atoms with E-state index < -0.39 is 15.3 Å². The monoisotopic (exact) mass is 477 g/mol. The standard InChI is InChI=1S/C20H23N5O3S3/c1-13-10-11-16(31(27,28)25(3)4)12-17(13)22-18(26)14(2)29-20-24-23-19(30-20)21-15-8-6-5-7-9-15/h5-12,14H,1-4H3,(H,21,23)(H,22,26). The van der Waals surface area contributed by atoms with Crippen molar-refractivity contribution in [2.45, 2.75) is 28.3 Å². The molecule has 0 saturated carbocycles. The number of amides is 1. The van der Waals surface area contributed by atoms with E-state index in [0.717, 1.165) is 15.6 Å². The first-order valence-corrected chi connectivity index (χ1v) is 12.5. The number of aryl methyl sites for hydroxylation is 1. The van der Waals surface area contributed by atoms with Gasteiger partial charge in [-0.2, -0.15) is 0 Å². The van der Waals surface area contributed by atoms with E-state index in [1.54, 1.807) is 13.0 Å². The van der Waals surface area contributed by atoms with Crippen LogP contribution in [0.5, 0.6) is 0 Å². The van der Waals surface area contributed by atoms with E-state index in [9.17, 15) is 13.2 Å². The molecule has 1 aromatic heterocycles. The number of nitrogens with one attached hydrogen (secondary N) is 2. The van der Waals surface area contributed by atoms with Crippen molar-refractivity contribution in [3.8, 4) is 0 Å². The van der Waals surface area contributed by atoms with Crippen LogP contribution < -0.4 is 10.6 Å². The highest BCUT2D eigenvalue weighted by molar-refractivity contribution is 8.02. The number of nitrogens with zero attached hydrogens (tertiary/aromatic N) is 3. The van der Waals surface area contributed by atoms with E-state index in [1.165, 1.54) is 49.3 Å². The van der Waals surface area contributed by atoms with Crippen LogP contribution >= 0.6 is 23.1 Å². The Balaban J connectivity index is 1.66. The molecule has 2 N–H and O–H groups in total. The Bertz CT molecular complexity index is 1160. The number of carbonyl (C=O) groups is 1. The SMILES string of the molecule is Cc1ccc(S(=O)(=O)N(C)C)cc1NC(=O)C(C)Sc1nnc(Nc2ccccc2)s1. The third-order valence-electron chi connectivity index (χ3n) is 4.32. The van der Waals surface area contributed by atoms with Crippen molar-refractivity contribution in [1.29, 1.82) is 0 Å². The van der Waals surface area contributed by atoms with Gasteiger partial charge in [0.15, 0.2) is 4.34 Å². The summed E-state index contributed by atoms with van der Waals surface area (Å²) in [5, 5.41) is 14.4. The average Bonchev–Trinajstić information content (AvgIpc) is 3.16. The molecule has 1 heterocycles. The fourth-order valence-electron chi connectivity index (χ4n) is 2.50. The van der Waals surface area contributed by atoms with Crippen molar-refractivity contribution in [2.24, 2.45) is 0 Å². The zero-order valence-electron chi connectivity index (χ0n) is 17.5. The molecule has 3 aromatic rings. The second kappa shape index (κ2) is 9.77. The minimum absolute atomic E-state index is 0.124. The van der Waals surface area contributed by atoms with Crippen LogP contribution in [0.4, 0.5) is 16.5 Å². The smallest absolute Gasteiger partial charge is 0.242 e. The van der Waals surface area contributed by atoms with E-state index in [4.69, 9.17) is 0 Å². The van der Waals surface area contributed by atoms with Crippen molar-refractivity contribution < 1.29 is 13.2 Å². The molecule has 3 rings (SSSR count). The molecular weight excluding hydrogens is 454 g/mol. The summed E-state index contributed by atoms with van der Waals surface area (Å²) in [6, 6.07) is 14.3. The number of thioether (sulfide) groups is 1. The lowest BCUT2D eigenvalue weighted by atomic mass is 10.2. The summed E-state index contributed by atoms with van der Waals surface area (Å²) >= 11 is 2.65. The van der Waals surface area contributed by atoms with E-state index >= 15 is 0 Å². The van der Waals surface area contributed by atoms with Crippen molar-refractivity contribution in [1.82, 2.24) is 14.5 Å². The van der Waals surface area contributed by atoms with Gasteiger partial charge in [0, 0.05) is 25.5 Å². The van der Waals surface area contributed by atoms with E-state index in [0.29, 0.717) is 15.2 Å². The lowest BCUT2D eigenvalue weighted by Crippen LogP contribution is -2.24. The van der Waals surface area contributed by atoms with Crippen LogP contribution in [0.1, 0.15) is 12.5 Å². The molecule has 0 aliphatic rings. The van der Waals surface area contributed by atoms with E-state index in [1.807, 2.05) is 37.3 Å². The van der Waals surface area contributed by atoms with Crippen LogP contribution in [-0.4, -0.2) is 48.2 Å². The number of carbonyl (C=O) groups excluding carboxylic acids is 1. The van der Waals surface area contributed by atoms with E-state index in [2.05, 4.69) is 20.8 Å². The Morgan fingerprint density at radius 1 is 1.13 bits per heavy atom. The number of aromatic nitrogens is 2. The highest BCUT2D eigenvalue weighted by atomic mass is 32.2. The maximum absolute atomic E-state index is 12.7. The summed E-state index contributed by atoms with van der Waals surface area (Å²) in [5.74, 6) is -0.250. The number of hydrogen-bond donors (Lipinski definition) is 2. The van der Waals surface area contributed by atoms with Gasteiger partial charge in [-0.1, -0.05) is 47.4 Å². The van der Waals surface area contributed by atoms with Gasteiger partial charge in [0.05, 0.1) is 10.1 Å². The van der Waals surface area contributed by atoms with Crippen LogP contribution in [0.25, 0.3) is 0 Å². The lowest BCUT2D eigenvalue weighted by Gasteiger charge is -2.15. The van der Waals surface area contributed by atoms with E-state index in [-0.39, 0.29) is 10.8 Å². The molecular formula is C20H23N5O3S3. The molecule has 2 aromatic carbocycles. The second-order valence-corrected chi connectivity index (χ2v) is 11.6. The summed E-state index contributed by atoms with van der Waals surface area (Å²) in [5.41, 5.74) is 2.14. The third-order valence-corrected chi connectivity index (χ3v) is 8.16. The van der Waals surface area contributed by atoms with Gasteiger partial charge < -0.3 is 10.6 Å². The molecule has 1 atom stereocenters. The maximum atomic E-state index is 12.7. The van der Waals surface area contributed by atoms with Gasteiger partial charge in [-0.3, -0.25) is 4.79 Å². The fraction of sp³-hybridized carbons (Fsp3) is 0.250. The van der Waals surface area contributed by atoms with Crippen molar-refractivity contribution in [2.75, 3.05) is 24.7 Å². The topological polar surface area (TPSA) is 104 Å². The Morgan fingerprint density at radius 2 is 1.84 bits per heavy atom. The molecule has 164 valence electrons. The number of benzene rings is 2. The van der Waals surface area contributed by atoms with Crippen LogP contribution in [0.2, 0.25) is 0 Å². The summed E-state index contributed by atoms with van der Waals surface area (Å²) in [4.78, 5) is 12.8. The number of sulfonamides is 1. The third kappa shape index (κ3) is 5.82. The first kappa shape index (κ1) is 23.2. The first-order valence-electron chi connectivity index (χ1n) is 9.33. The quantitative estimate of drug-likeness (QED) is 0.473. The van der Waals surface area contributed by atoms with Crippen molar-refractivity contribution in [3.05, 3.63) is 54.1 Å². The van der Waals surface area contributed by atoms with Crippen LogP contribution in [0.15, 0.2) is 57.8 Å². The molecule has 0 spiro atoms. The van der Waals surface area contributed by atoms with Gasteiger partial charge in [-0.25, -0.2) is 12.7 Å². The Labute approximate surface area is 190 Å². The van der Waals surface area contributed by atoms with Gasteiger partial charge in [-0.15, -0.1) is 10.2 Å². The van der Waals surface area contributed by atoms with Gasteiger partial charge in [0.2, 0.25) is 21.1 Å². The summed E-state index contributed by atoms with van der Waals surface area (Å²) in [6.45, 7) is 3.58. The minimum atomic E-state index is -3.59. The second-order valence-electron chi connectivity index (χ2n) is 6.88. The molecule has 0 aliphatic heterocycles.